The Hall–Kier alpha value is -3.36. The number of thioether (sulfide) groups is 1. The molecule has 0 saturated carbocycles. The lowest BCUT2D eigenvalue weighted by molar-refractivity contribution is -0.123. The largest absolute Gasteiger partial charge is 0.495 e. The van der Waals surface area contributed by atoms with E-state index in [2.05, 4.69) is 0 Å². The summed E-state index contributed by atoms with van der Waals surface area (Å²) in [6, 6.07) is 16.0. The van der Waals surface area contributed by atoms with E-state index >= 15 is 0 Å². The molecule has 0 radical (unpaired) electrons. The van der Waals surface area contributed by atoms with Gasteiger partial charge in [-0.25, -0.2) is 0 Å². The molecule has 0 unspecified atom stereocenters. The number of imide groups is 1. The van der Waals surface area contributed by atoms with Crippen molar-refractivity contribution in [3.05, 3.63) is 70.3 Å². The molecule has 0 bridgehead atoms. The van der Waals surface area contributed by atoms with Gasteiger partial charge in [0.2, 0.25) is 0 Å². The minimum atomic E-state index is -0.390. The number of hydrogen-bond donors (Lipinski definition) is 0. The van der Waals surface area contributed by atoms with E-state index in [0.717, 1.165) is 22.2 Å². The molecule has 0 spiro atoms. The Morgan fingerprint density at radius 1 is 1.00 bits per heavy atom. The van der Waals surface area contributed by atoms with Gasteiger partial charge in [0.05, 0.1) is 30.7 Å². The summed E-state index contributed by atoms with van der Waals surface area (Å²) in [6.45, 7) is 0.266. The van der Waals surface area contributed by atoms with Crippen molar-refractivity contribution < 1.29 is 28.2 Å². The number of carbonyl (C=O) groups excluding carboxylic acids is 2. The van der Waals surface area contributed by atoms with Crippen LogP contribution in [0, 0.1) is 0 Å². The molecule has 1 saturated heterocycles. The third kappa shape index (κ3) is 5.02. The lowest BCUT2D eigenvalue weighted by Crippen LogP contribution is -2.32. The van der Waals surface area contributed by atoms with Gasteiger partial charge >= 0.3 is 0 Å². The lowest BCUT2D eigenvalue weighted by Gasteiger charge is -2.14. The fourth-order valence-corrected chi connectivity index (χ4v) is 4.31. The molecule has 2 aromatic carbocycles. The number of nitrogens with zero attached hydrogens (tertiary/aromatic N) is 1. The number of halogens is 1. The van der Waals surface area contributed by atoms with Crippen LogP contribution in [0.5, 0.6) is 17.2 Å². The van der Waals surface area contributed by atoms with Crippen LogP contribution in [-0.4, -0.2) is 43.4 Å². The van der Waals surface area contributed by atoms with Crippen molar-refractivity contribution in [1.29, 1.82) is 0 Å². The molecule has 1 aliphatic rings. The maximum Gasteiger partial charge on any atom is 0.293 e. The maximum atomic E-state index is 12.7. The number of ether oxygens (including phenoxy) is 3. The van der Waals surface area contributed by atoms with E-state index in [1.54, 1.807) is 56.7 Å². The van der Waals surface area contributed by atoms with Crippen LogP contribution in [0.15, 0.2) is 63.9 Å². The van der Waals surface area contributed by atoms with Gasteiger partial charge in [-0.15, -0.1) is 0 Å². The fraction of sp³-hybridized carbons (Fsp3) is 0.167. The molecule has 0 atom stereocenters. The van der Waals surface area contributed by atoms with Gasteiger partial charge in [-0.2, -0.15) is 0 Å². The molecule has 33 heavy (non-hydrogen) atoms. The number of furan rings is 1. The van der Waals surface area contributed by atoms with Crippen LogP contribution in [0.3, 0.4) is 0 Å². The van der Waals surface area contributed by atoms with Crippen molar-refractivity contribution in [3.63, 3.8) is 0 Å². The van der Waals surface area contributed by atoms with Gasteiger partial charge in [0.15, 0.2) is 11.5 Å². The summed E-state index contributed by atoms with van der Waals surface area (Å²) in [5.41, 5.74) is 0.766. The van der Waals surface area contributed by atoms with Crippen molar-refractivity contribution in [1.82, 2.24) is 4.90 Å². The van der Waals surface area contributed by atoms with E-state index in [0.29, 0.717) is 33.8 Å². The van der Waals surface area contributed by atoms with Gasteiger partial charge in [0.25, 0.3) is 11.1 Å². The SMILES string of the molecule is COc1ccc(-c2ccc(/C=C3\SC(=O)N(CCOc4ccccc4OC)C3=O)o2)cc1Cl. The minimum absolute atomic E-state index is 0.119. The second-order valence-corrected chi connectivity index (χ2v) is 8.28. The van der Waals surface area contributed by atoms with E-state index in [4.69, 9.17) is 30.2 Å². The number of benzene rings is 2. The van der Waals surface area contributed by atoms with Crippen molar-refractivity contribution in [2.24, 2.45) is 0 Å². The minimum Gasteiger partial charge on any atom is -0.495 e. The molecule has 1 aromatic heterocycles. The summed E-state index contributed by atoms with van der Waals surface area (Å²) in [6.07, 6.45) is 1.56. The lowest BCUT2D eigenvalue weighted by atomic mass is 10.2. The van der Waals surface area contributed by atoms with E-state index in [1.807, 2.05) is 18.2 Å². The highest BCUT2D eigenvalue weighted by Gasteiger charge is 2.35. The van der Waals surface area contributed by atoms with Crippen LogP contribution in [0.2, 0.25) is 5.02 Å². The Balaban J connectivity index is 1.42. The zero-order valence-corrected chi connectivity index (χ0v) is 19.4. The highest BCUT2D eigenvalue weighted by atomic mass is 35.5. The number of rotatable bonds is 8. The third-order valence-electron chi connectivity index (χ3n) is 4.85. The van der Waals surface area contributed by atoms with Gasteiger partial charge in [0, 0.05) is 11.6 Å². The molecular weight excluding hydrogens is 466 g/mol. The van der Waals surface area contributed by atoms with Gasteiger partial charge in [0.1, 0.15) is 23.9 Å². The summed E-state index contributed by atoms with van der Waals surface area (Å²) < 4.78 is 21.9. The van der Waals surface area contributed by atoms with Crippen LogP contribution in [-0.2, 0) is 4.79 Å². The maximum absolute atomic E-state index is 12.7. The van der Waals surface area contributed by atoms with Crippen LogP contribution in [0.25, 0.3) is 17.4 Å². The number of carbonyl (C=O) groups is 2. The summed E-state index contributed by atoms with van der Waals surface area (Å²) in [4.78, 5) is 26.5. The number of hydrogen-bond acceptors (Lipinski definition) is 7. The Labute approximate surface area is 199 Å². The zero-order valence-electron chi connectivity index (χ0n) is 17.9. The molecule has 0 N–H and O–H groups in total. The average molecular weight is 486 g/mol. The molecule has 1 aliphatic heterocycles. The molecule has 7 nitrogen and oxygen atoms in total. The topological polar surface area (TPSA) is 78.2 Å². The fourth-order valence-electron chi connectivity index (χ4n) is 3.21. The molecule has 1 fully saturated rings. The highest BCUT2D eigenvalue weighted by molar-refractivity contribution is 8.18. The van der Waals surface area contributed by atoms with E-state index in [-0.39, 0.29) is 29.2 Å². The Morgan fingerprint density at radius 3 is 2.48 bits per heavy atom. The molecule has 3 aromatic rings. The van der Waals surface area contributed by atoms with E-state index < -0.39 is 0 Å². The predicted octanol–water partition coefficient (Wildman–Crippen LogP) is 5.73. The van der Waals surface area contributed by atoms with Crippen LogP contribution in [0.4, 0.5) is 4.79 Å². The first kappa shape index (κ1) is 22.8. The van der Waals surface area contributed by atoms with Crippen LogP contribution in [0.1, 0.15) is 5.76 Å². The van der Waals surface area contributed by atoms with Crippen LogP contribution >= 0.6 is 23.4 Å². The number of methoxy groups -OCH3 is 2. The van der Waals surface area contributed by atoms with Crippen LogP contribution < -0.4 is 14.2 Å². The molecule has 170 valence electrons. The Kier molecular flexibility index (Phi) is 6.96. The van der Waals surface area contributed by atoms with Crippen molar-refractivity contribution in [2.75, 3.05) is 27.4 Å². The van der Waals surface area contributed by atoms with Gasteiger partial charge in [-0.1, -0.05) is 23.7 Å². The summed E-state index contributed by atoms with van der Waals surface area (Å²) >= 11 is 7.05. The molecule has 2 heterocycles. The number of para-hydroxylation sites is 2. The molecule has 0 aliphatic carbocycles. The standard InChI is InChI=1S/C24H20ClNO6S/c1-29-19-9-7-15(13-17(19)25)18-10-8-16(32-18)14-22-23(27)26(24(28)33-22)11-12-31-21-6-4-3-5-20(21)30-2/h3-10,13-14H,11-12H2,1-2H3/b22-14-. The first-order valence-electron chi connectivity index (χ1n) is 9.95. The Morgan fingerprint density at radius 2 is 1.76 bits per heavy atom. The summed E-state index contributed by atoms with van der Waals surface area (Å²) in [5, 5.41) is 0.105. The normalized spacial score (nSPS) is 14.8. The molecule has 9 heteroatoms. The highest BCUT2D eigenvalue weighted by Crippen LogP contribution is 2.35. The van der Waals surface area contributed by atoms with Gasteiger partial charge in [-0.3, -0.25) is 14.5 Å². The molecule has 4 rings (SSSR count). The van der Waals surface area contributed by atoms with Crippen molar-refractivity contribution in [3.8, 4) is 28.6 Å². The summed E-state index contributed by atoms with van der Waals surface area (Å²) in [7, 11) is 3.09. The predicted molar refractivity (Wildman–Crippen MR) is 127 cm³/mol. The molecule has 2 amide bonds. The third-order valence-corrected chi connectivity index (χ3v) is 6.05. The summed E-state index contributed by atoms with van der Waals surface area (Å²) in [5.74, 6) is 2.33. The Bertz CT molecular complexity index is 1220. The first-order valence-corrected chi connectivity index (χ1v) is 11.1. The van der Waals surface area contributed by atoms with Crippen molar-refractivity contribution in [2.45, 2.75) is 0 Å². The van der Waals surface area contributed by atoms with Gasteiger partial charge in [-0.05, 0) is 54.2 Å². The van der Waals surface area contributed by atoms with E-state index in [9.17, 15) is 9.59 Å². The number of amides is 2. The second-order valence-electron chi connectivity index (χ2n) is 6.88. The second kappa shape index (κ2) is 10.1. The van der Waals surface area contributed by atoms with Crippen molar-refractivity contribution >= 4 is 40.6 Å². The quantitative estimate of drug-likeness (QED) is 0.377. The average Bonchev–Trinajstić information content (AvgIpc) is 3.39. The van der Waals surface area contributed by atoms with E-state index in [1.165, 1.54) is 0 Å². The molecular formula is C24H20ClNO6S. The van der Waals surface area contributed by atoms with Gasteiger partial charge < -0.3 is 18.6 Å². The first-order chi connectivity index (χ1) is 16.0. The smallest absolute Gasteiger partial charge is 0.293 e. The monoisotopic (exact) mass is 485 g/mol. The zero-order chi connectivity index (χ0) is 23.4.